The molecule has 19 heavy (non-hydrogen) atoms. The van der Waals surface area contributed by atoms with Crippen LogP contribution in [0.1, 0.15) is 31.2 Å². The molecule has 1 N–H and O–H groups in total. The van der Waals surface area contributed by atoms with Crippen molar-refractivity contribution in [3.05, 3.63) is 29.8 Å². The standard InChI is InChI=1S/C14H18N4O/c1-10-5-3-8-16-11(10)12-17-13(19-18-12)14(2)6-4-7-15-9-14/h3,5,8,15H,4,6-7,9H2,1-2H3. The molecule has 0 saturated carbocycles. The number of hydrogen-bond donors (Lipinski definition) is 1. The third-order valence-electron chi connectivity index (χ3n) is 3.76. The number of piperidine rings is 1. The first-order valence-electron chi connectivity index (χ1n) is 6.66. The van der Waals surface area contributed by atoms with E-state index < -0.39 is 0 Å². The molecule has 3 heterocycles. The molecule has 1 saturated heterocycles. The number of nitrogens with zero attached hydrogens (tertiary/aromatic N) is 3. The highest BCUT2D eigenvalue weighted by atomic mass is 16.5. The van der Waals surface area contributed by atoms with Gasteiger partial charge in [0.1, 0.15) is 5.69 Å². The van der Waals surface area contributed by atoms with Gasteiger partial charge in [-0.1, -0.05) is 11.2 Å². The lowest BCUT2D eigenvalue weighted by Crippen LogP contribution is -2.41. The van der Waals surface area contributed by atoms with E-state index in [1.807, 2.05) is 19.1 Å². The van der Waals surface area contributed by atoms with Crippen molar-refractivity contribution in [2.45, 2.75) is 32.1 Å². The summed E-state index contributed by atoms with van der Waals surface area (Å²) in [6, 6.07) is 3.91. The van der Waals surface area contributed by atoms with Crippen LogP contribution in [0, 0.1) is 6.92 Å². The fourth-order valence-corrected chi connectivity index (χ4v) is 2.52. The number of hydrogen-bond acceptors (Lipinski definition) is 5. The van der Waals surface area contributed by atoms with E-state index in [1.165, 1.54) is 0 Å². The van der Waals surface area contributed by atoms with Gasteiger partial charge in [-0.2, -0.15) is 4.98 Å². The number of nitrogens with one attached hydrogen (secondary N) is 1. The van der Waals surface area contributed by atoms with Gasteiger partial charge in [0.25, 0.3) is 0 Å². The van der Waals surface area contributed by atoms with Gasteiger partial charge in [-0.05, 0) is 44.9 Å². The minimum absolute atomic E-state index is 0.0633. The SMILES string of the molecule is Cc1cccnc1-c1noc(C2(C)CCCNC2)n1. The highest BCUT2D eigenvalue weighted by molar-refractivity contribution is 5.53. The summed E-state index contributed by atoms with van der Waals surface area (Å²) in [5, 5.41) is 7.48. The highest BCUT2D eigenvalue weighted by Gasteiger charge is 2.34. The van der Waals surface area contributed by atoms with Crippen LogP contribution in [0.25, 0.3) is 11.5 Å². The Morgan fingerprint density at radius 1 is 1.42 bits per heavy atom. The first-order valence-corrected chi connectivity index (χ1v) is 6.66. The van der Waals surface area contributed by atoms with E-state index >= 15 is 0 Å². The molecule has 3 rings (SSSR count). The quantitative estimate of drug-likeness (QED) is 0.893. The number of aromatic nitrogens is 3. The summed E-state index contributed by atoms with van der Waals surface area (Å²) >= 11 is 0. The van der Waals surface area contributed by atoms with E-state index in [9.17, 15) is 0 Å². The van der Waals surface area contributed by atoms with Crippen molar-refractivity contribution in [2.24, 2.45) is 0 Å². The van der Waals surface area contributed by atoms with Gasteiger partial charge >= 0.3 is 0 Å². The minimum atomic E-state index is -0.0633. The van der Waals surface area contributed by atoms with Crippen molar-refractivity contribution >= 4 is 0 Å². The number of rotatable bonds is 2. The molecule has 0 amide bonds. The summed E-state index contributed by atoms with van der Waals surface area (Å²) in [7, 11) is 0. The molecule has 0 bridgehead atoms. The molecule has 0 aromatic carbocycles. The second kappa shape index (κ2) is 4.74. The fourth-order valence-electron chi connectivity index (χ4n) is 2.52. The first kappa shape index (κ1) is 12.3. The van der Waals surface area contributed by atoms with Crippen LogP contribution in [0.4, 0.5) is 0 Å². The lowest BCUT2D eigenvalue weighted by Gasteiger charge is -2.30. The average molecular weight is 258 g/mol. The van der Waals surface area contributed by atoms with Crippen molar-refractivity contribution < 1.29 is 4.52 Å². The second-order valence-electron chi connectivity index (χ2n) is 5.43. The maximum Gasteiger partial charge on any atom is 0.234 e. The van der Waals surface area contributed by atoms with Crippen LogP contribution in [0.5, 0.6) is 0 Å². The maximum atomic E-state index is 5.48. The smallest absolute Gasteiger partial charge is 0.234 e. The zero-order valence-electron chi connectivity index (χ0n) is 11.3. The number of pyridine rings is 1. The molecule has 5 nitrogen and oxygen atoms in total. The Labute approximate surface area is 112 Å². The molecule has 100 valence electrons. The predicted octanol–water partition coefficient (Wildman–Crippen LogP) is 2.08. The third kappa shape index (κ3) is 2.26. The van der Waals surface area contributed by atoms with E-state index in [4.69, 9.17) is 4.52 Å². The molecule has 0 aliphatic carbocycles. The lowest BCUT2D eigenvalue weighted by molar-refractivity contribution is 0.245. The minimum Gasteiger partial charge on any atom is -0.338 e. The molecule has 1 fully saturated rings. The summed E-state index contributed by atoms with van der Waals surface area (Å²) in [5.74, 6) is 1.29. The Morgan fingerprint density at radius 3 is 3.05 bits per heavy atom. The van der Waals surface area contributed by atoms with Crippen molar-refractivity contribution in [1.82, 2.24) is 20.4 Å². The van der Waals surface area contributed by atoms with E-state index in [2.05, 4.69) is 27.4 Å². The van der Waals surface area contributed by atoms with Gasteiger partial charge in [0, 0.05) is 12.7 Å². The van der Waals surface area contributed by atoms with E-state index in [0.717, 1.165) is 37.2 Å². The monoisotopic (exact) mass is 258 g/mol. The Hall–Kier alpha value is -1.75. The largest absolute Gasteiger partial charge is 0.338 e. The molecular weight excluding hydrogens is 240 g/mol. The van der Waals surface area contributed by atoms with Crippen molar-refractivity contribution in [3.8, 4) is 11.5 Å². The van der Waals surface area contributed by atoms with Crippen LogP contribution < -0.4 is 5.32 Å². The van der Waals surface area contributed by atoms with Gasteiger partial charge in [-0.25, -0.2) is 0 Å². The van der Waals surface area contributed by atoms with Crippen molar-refractivity contribution in [2.75, 3.05) is 13.1 Å². The summed E-state index contributed by atoms with van der Waals surface area (Å²) in [6.45, 7) is 6.12. The van der Waals surface area contributed by atoms with Gasteiger partial charge in [0.15, 0.2) is 0 Å². The van der Waals surface area contributed by atoms with Crippen LogP contribution in [0.3, 0.4) is 0 Å². The molecule has 2 aromatic heterocycles. The Balaban J connectivity index is 1.93. The van der Waals surface area contributed by atoms with Crippen LogP contribution in [-0.4, -0.2) is 28.2 Å². The molecule has 1 aliphatic rings. The zero-order chi connectivity index (χ0) is 13.3. The first-order chi connectivity index (χ1) is 9.19. The summed E-state index contributed by atoms with van der Waals surface area (Å²) < 4.78 is 5.48. The van der Waals surface area contributed by atoms with Crippen LogP contribution >= 0.6 is 0 Å². The molecule has 0 spiro atoms. The highest BCUT2D eigenvalue weighted by Crippen LogP contribution is 2.30. The van der Waals surface area contributed by atoms with Gasteiger partial charge in [0.2, 0.25) is 11.7 Å². The maximum absolute atomic E-state index is 5.48. The zero-order valence-corrected chi connectivity index (χ0v) is 11.3. The molecule has 1 aliphatic heterocycles. The fraction of sp³-hybridized carbons (Fsp3) is 0.500. The Kier molecular flexibility index (Phi) is 3.06. The van der Waals surface area contributed by atoms with Gasteiger partial charge in [-0.3, -0.25) is 4.98 Å². The van der Waals surface area contributed by atoms with Gasteiger partial charge < -0.3 is 9.84 Å². The molecule has 1 unspecified atom stereocenters. The second-order valence-corrected chi connectivity index (χ2v) is 5.43. The van der Waals surface area contributed by atoms with Crippen molar-refractivity contribution in [1.29, 1.82) is 0 Å². The molecule has 0 radical (unpaired) electrons. The van der Waals surface area contributed by atoms with Gasteiger partial charge in [0.05, 0.1) is 5.41 Å². The average Bonchev–Trinajstić information content (AvgIpc) is 2.90. The summed E-state index contributed by atoms with van der Waals surface area (Å²) in [6.07, 6.45) is 3.96. The van der Waals surface area contributed by atoms with Crippen LogP contribution in [0.15, 0.2) is 22.9 Å². The molecular formula is C14H18N4O. The van der Waals surface area contributed by atoms with E-state index in [1.54, 1.807) is 6.20 Å². The molecule has 1 atom stereocenters. The van der Waals surface area contributed by atoms with Crippen LogP contribution in [0.2, 0.25) is 0 Å². The van der Waals surface area contributed by atoms with E-state index in [-0.39, 0.29) is 5.41 Å². The molecule has 5 heteroatoms. The number of aryl methyl sites for hydroxylation is 1. The normalized spacial score (nSPS) is 23.5. The Bertz CT molecular complexity index is 572. The third-order valence-corrected chi connectivity index (χ3v) is 3.76. The topological polar surface area (TPSA) is 63.8 Å². The van der Waals surface area contributed by atoms with E-state index in [0.29, 0.717) is 11.7 Å². The lowest BCUT2D eigenvalue weighted by atomic mass is 9.83. The summed E-state index contributed by atoms with van der Waals surface area (Å²) in [5.41, 5.74) is 1.79. The summed E-state index contributed by atoms with van der Waals surface area (Å²) in [4.78, 5) is 8.89. The Morgan fingerprint density at radius 2 is 2.32 bits per heavy atom. The molecule has 2 aromatic rings. The van der Waals surface area contributed by atoms with Gasteiger partial charge in [-0.15, -0.1) is 0 Å². The van der Waals surface area contributed by atoms with Crippen molar-refractivity contribution in [3.63, 3.8) is 0 Å². The van der Waals surface area contributed by atoms with Crippen LogP contribution in [-0.2, 0) is 5.41 Å². The predicted molar refractivity (Wildman–Crippen MR) is 71.7 cm³/mol.